The van der Waals surface area contributed by atoms with E-state index in [1.54, 1.807) is 26.0 Å². The molecule has 2 heterocycles. The Morgan fingerprint density at radius 1 is 0.553 bits per heavy atom. The minimum absolute atomic E-state index is 0.0208. The number of fused-ring (bicyclic) bond motifs is 2. The van der Waals surface area contributed by atoms with Gasteiger partial charge in [-0.1, -0.05) is 111 Å². The second-order valence-corrected chi connectivity index (χ2v) is 22.6. The van der Waals surface area contributed by atoms with Gasteiger partial charge in [0.25, 0.3) is 0 Å². The molecule has 0 bridgehead atoms. The van der Waals surface area contributed by atoms with Crippen LogP contribution in [0.4, 0.5) is 8.78 Å². The van der Waals surface area contributed by atoms with Crippen molar-refractivity contribution < 1.29 is 118 Å². The number of rotatable bonds is 21. The first-order valence-corrected chi connectivity index (χ1v) is 29.7. The highest BCUT2D eigenvalue weighted by molar-refractivity contribution is 7.52. The lowest BCUT2D eigenvalue weighted by molar-refractivity contribution is -0.141. The van der Waals surface area contributed by atoms with Crippen LogP contribution < -0.4 is 45.5 Å². The van der Waals surface area contributed by atoms with Crippen molar-refractivity contribution in [3.63, 3.8) is 0 Å². The fourth-order valence-corrected chi connectivity index (χ4v) is 7.61. The molecule has 0 radical (unpaired) electrons. The summed E-state index contributed by atoms with van der Waals surface area (Å²) < 4.78 is 37.3. The summed E-state index contributed by atoms with van der Waals surface area (Å²) in [7, 11) is -5.60. The van der Waals surface area contributed by atoms with Crippen LogP contribution in [-0.2, 0) is 74.3 Å². The quantitative estimate of drug-likeness (QED) is 0.0450. The van der Waals surface area contributed by atoms with Crippen molar-refractivity contribution in [2.75, 3.05) is 13.2 Å². The first kappa shape index (κ1) is 85.1. The number of H-pyrrole nitrogens is 1. The number of aromatic nitrogens is 1. The van der Waals surface area contributed by atoms with Crippen LogP contribution in [-0.4, -0.2) is 186 Å². The molecule has 34 heteroatoms. The Morgan fingerprint density at radius 3 is 1.32 bits per heavy atom. The number of carbonyl (C=O) groups is 8. The Bertz CT molecular complexity index is 3350. The first-order chi connectivity index (χ1) is 43.6. The van der Waals surface area contributed by atoms with Gasteiger partial charge in [0.2, 0.25) is 0 Å². The van der Waals surface area contributed by atoms with Gasteiger partial charge in [-0.2, -0.15) is 8.78 Å². The van der Waals surface area contributed by atoms with Crippen LogP contribution in [0.2, 0.25) is 0 Å². The van der Waals surface area contributed by atoms with E-state index < -0.39 is 122 Å². The van der Waals surface area contributed by atoms with E-state index in [1.807, 2.05) is 72.9 Å². The molecule has 1 saturated heterocycles. The highest BCUT2D eigenvalue weighted by atomic mass is 31.2. The van der Waals surface area contributed by atoms with E-state index in [1.165, 1.54) is 19.1 Å². The molecule has 1 aliphatic rings. The van der Waals surface area contributed by atoms with E-state index in [0.717, 1.165) is 82.0 Å². The van der Waals surface area contributed by atoms with Crippen molar-refractivity contribution >= 4 is 77.0 Å². The SMILES string of the molecule is CC(C)C(N)C(=O)O.CC(O)C(N)C(=O)O.NC(CO)C(=O)O.NC(Cc1c[nH]c2ccccc12)C(=O)O.NC(Cc1ccc(C(F)(F)P(=O)(O)O)cc1)C(=O)O.NC(Cc1ccc(O)cc1)C(=O)O.NC(Cc1ccc2ccccc2c1)C(=O)O.O=C(O)C1CCCN1. The lowest BCUT2D eigenvalue weighted by Gasteiger charge is -2.18. The largest absolute Gasteiger partial charge is 0.508 e. The number of hydrogen-bond acceptors (Lipinski definition) is 20. The monoisotopic (exact) mass is 1350 g/mol. The van der Waals surface area contributed by atoms with Gasteiger partial charge in [-0.25, -0.2) is 0 Å². The Balaban J connectivity index is 0.00000108. The molecule has 31 nitrogen and oxygen atoms in total. The number of carboxylic acid groups (broad SMARTS) is 8. The number of nitrogens with one attached hydrogen (secondary N) is 2. The van der Waals surface area contributed by atoms with Crippen LogP contribution in [0, 0.1) is 5.92 Å². The standard InChI is InChI=1S/C13H13NO2.C11H12N2O2.C10H12F2NO5P.C9H11NO3.C5H9NO2.C5H11NO2.C4H9NO3.C3H7NO3/c14-12(13(15)16)8-9-5-6-10-3-1-2-4-11(10)7-9;12-9(11(14)15)5-7-6-13-10-4-2-1-3-8(7)10;11-10(12,19(16,17)18)7-3-1-6(2-4-7)5-8(13)9(14)15;10-8(9(12)13)5-6-1-3-7(11)4-2-6;7-5(8)4-2-1-3-6-4;1-3(2)4(6)5(7)8;1-2(6)3(5)4(7)8;4-2(1-5)3(6)7/h1-7,12H,8,14H2,(H,15,16);1-4,6,9,13H,5,12H2,(H,14,15);1-4,8H,5,13H2,(H,14,15)(H2,16,17,18);1-4,8,11H,5,10H2,(H,12,13);4,6H,1-3H2,(H,7,8);3-4H,6H2,1-2H3,(H,7,8);2-3,6H,5H2,1H3,(H,7,8);2,5H,1,4H2,(H,6,7). The fourth-order valence-electron chi connectivity index (χ4n) is 7.12. The molecule has 5 aromatic carbocycles. The smallest absolute Gasteiger partial charge is 0.399 e. The lowest BCUT2D eigenvalue weighted by Crippen LogP contribution is -2.39. The van der Waals surface area contributed by atoms with E-state index in [9.17, 15) is 51.7 Å². The number of hydrogen-bond donors (Lipinski definition) is 22. The minimum atomic E-state index is -5.60. The molecule has 0 aliphatic carbocycles. The van der Waals surface area contributed by atoms with Crippen molar-refractivity contribution in [2.24, 2.45) is 46.1 Å². The van der Waals surface area contributed by atoms with Crippen molar-refractivity contribution in [2.45, 2.75) is 119 Å². The number of halogens is 2. The van der Waals surface area contributed by atoms with Crippen LogP contribution >= 0.6 is 7.60 Å². The summed E-state index contributed by atoms with van der Waals surface area (Å²) in [5.41, 5.74) is 35.4. The number of aliphatic carboxylic acids is 8. The van der Waals surface area contributed by atoms with Crippen LogP contribution in [0.5, 0.6) is 5.75 Å². The van der Waals surface area contributed by atoms with Crippen molar-refractivity contribution in [3.8, 4) is 5.75 Å². The van der Waals surface area contributed by atoms with Gasteiger partial charge in [0.15, 0.2) is 0 Å². The molecule has 6 aromatic rings. The molecule has 1 fully saturated rings. The summed E-state index contributed by atoms with van der Waals surface area (Å²) in [6.07, 6.45) is 3.53. The maximum absolute atomic E-state index is 13.3. The molecule has 94 heavy (non-hydrogen) atoms. The third kappa shape index (κ3) is 32.6. The Kier molecular flexibility index (Phi) is 38.3. The van der Waals surface area contributed by atoms with E-state index in [2.05, 4.69) is 10.3 Å². The highest BCUT2D eigenvalue weighted by Crippen LogP contribution is 2.59. The Hall–Kier alpha value is -8.93. The summed E-state index contributed by atoms with van der Waals surface area (Å²) in [6.45, 7) is 5.24. The number of phenols is 1. The number of aliphatic hydroxyl groups excluding tert-OH is 2. The molecule has 1 aliphatic heterocycles. The van der Waals surface area contributed by atoms with Gasteiger partial charge in [0, 0.05) is 29.1 Å². The van der Waals surface area contributed by atoms with Crippen molar-refractivity contribution in [1.29, 1.82) is 0 Å². The number of aromatic hydroxyl groups is 1. The van der Waals surface area contributed by atoms with Gasteiger partial charge in [-0.3, -0.25) is 42.9 Å². The zero-order chi connectivity index (χ0) is 72.4. The third-order valence-corrected chi connectivity index (χ3v) is 13.8. The van der Waals surface area contributed by atoms with Gasteiger partial charge in [-0.15, -0.1) is 0 Å². The maximum Gasteiger partial charge on any atom is 0.399 e. The van der Waals surface area contributed by atoms with Crippen LogP contribution in [0.15, 0.2) is 121 Å². The number of para-hydroxylation sites is 1. The average Bonchev–Trinajstić information content (AvgIpc) is 0.867. The summed E-state index contributed by atoms with van der Waals surface area (Å²) in [4.78, 5) is 102. The predicted molar refractivity (Wildman–Crippen MR) is 339 cm³/mol. The topological polar surface area (TPSA) is 627 Å². The third-order valence-electron chi connectivity index (χ3n) is 12.8. The van der Waals surface area contributed by atoms with E-state index >= 15 is 0 Å². The number of aromatic amines is 1. The van der Waals surface area contributed by atoms with Gasteiger partial charge in [0.1, 0.15) is 54.1 Å². The summed E-state index contributed by atoms with van der Waals surface area (Å²) in [6, 6.07) is 24.9. The molecule has 0 spiro atoms. The molecular weight excluding hydrogens is 1270 g/mol. The molecule has 520 valence electrons. The number of nitrogens with two attached hydrogens (primary N) is 7. The fraction of sp³-hybridized carbons (Fsp3) is 0.367. The first-order valence-electron chi connectivity index (χ1n) is 28.1. The number of benzene rings is 5. The van der Waals surface area contributed by atoms with Crippen LogP contribution in [0.1, 0.15) is 61.4 Å². The van der Waals surface area contributed by atoms with Crippen molar-refractivity contribution in [3.05, 3.63) is 149 Å². The Morgan fingerprint density at radius 2 is 0.968 bits per heavy atom. The van der Waals surface area contributed by atoms with E-state index in [0.29, 0.717) is 18.4 Å². The molecule has 0 saturated carbocycles. The normalized spacial score (nSPS) is 14.8. The molecular formula is C60H84F2N9O22P. The molecule has 9 unspecified atom stereocenters. The molecule has 0 amide bonds. The summed E-state index contributed by atoms with van der Waals surface area (Å²) >= 11 is 0. The summed E-state index contributed by atoms with van der Waals surface area (Å²) in [5.74, 6) is -8.02. The van der Waals surface area contributed by atoms with Gasteiger partial charge >= 0.3 is 61.0 Å². The number of aliphatic hydroxyl groups is 2. The minimum Gasteiger partial charge on any atom is -0.508 e. The Labute approximate surface area is 536 Å². The number of alkyl halides is 2. The van der Waals surface area contributed by atoms with Gasteiger partial charge < -0.3 is 116 Å². The van der Waals surface area contributed by atoms with E-state index in [4.69, 9.17) is 106 Å². The van der Waals surface area contributed by atoms with Gasteiger partial charge in [0.05, 0.1) is 12.7 Å². The maximum atomic E-state index is 13.3. The number of phenolic OH excluding ortho intramolecular Hbond substituents is 1. The van der Waals surface area contributed by atoms with Crippen LogP contribution in [0.25, 0.3) is 21.7 Å². The zero-order valence-electron chi connectivity index (χ0n) is 51.2. The molecule has 29 N–H and O–H groups in total. The molecule has 7 rings (SSSR count). The highest BCUT2D eigenvalue weighted by Gasteiger charge is 2.50. The summed E-state index contributed by atoms with van der Waals surface area (Å²) in [5, 5.41) is 98.7. The lowest BCUT2D eigenvalue weighted by atomic mass is 10.0. The molecule has 9 atom stereocenters. The average molecular weight is 1350 g/mol. The molecule has 1 aromatic heterocycles. The van der Waals surface area contributed by atoms with Crippen LogP contribution in [0.3, 0.4) is 0 Å². The zero-order valence-corrected chi connectivity index (χ0v) is 52.1. The van der Waals surface area contributed by atoms with E-state index in [-0.39, 0.29) is 30.6 Å². The van der Waals surface area contributed by atoms with Crippen molar-refractivity contribution in [1.82, 2.24) is 10.3 Å². The second kappa shape index (κ2) is 42.3. The second-order valence-electron chi connectivity index (χ2n) is 20.9. The number of carboxylic acids is 8. The van der Waals surface area contributed by atoms with Gasteiger partial charge in [-0.05, 0) is 103 Å². The predicted octanol–water partition coefficient (Wildman–Crippen LogP) is 1.18.